The van der Waals surface area contributed by atoms with Gasteiger partial charge in [-0.15, -0.1) is 0 Å². The van der Waals surface area contributed by atoms with Crippen LogP contribution < -0.4 is 5.32 Å². The van der Waals surface area contributed by atoms with E-state index in [2.05, 4.69) is 22.4 Å². The minimum Gasteiger partial charge on any atom is -0.336 e. The number of imidazole rings is 1. The summed E-state index contributed by atoms with van der Waals surface area (Å²) < 4.78 is 1.91. The van der Waals surface area contributed by atoms with Crippen molar-refractivity contribution in [1.29, 1.82) is 0 Å². The fraction of sp³-hybridized carbons (Fsp3) is 0.333. The number of nitrogens with one attached hydrogen (secondary N) is 1. The second-order valence-electron chi connectivity index (χ2n) is 5.17. The van der Waals surface area contributed by atoms with Gasteiger partial charge in [0.1, 0.15) is 0 Å². The summed E-state index contributed by atoms with van der Waals surface area (Å²) in [4.78, 5) is 17.9. The molecule has 0 unspecified atom stereocenters. The number of carbonyl (C=O) groups excluding carboxylic acids is 1. The van der Waals surface area contributed by atoms with Crippen molar-refractivity contribution >= 4 is 6.03 Å². The number of carbonyl (C=O) groups is 1. The van der Waals surface area contributed by atoms with Crippen LogP contribution in [0.1, 0.15) is 17.2 Å². The Hall–Kier alpha value is -2.30. The predicted octanol–water partition coefficient (Wildman–Crippen LogP) is 1.73. The van der Waals surface area contributed by atoms with Crippen LogP contribution in [0.15, 0.2) is 42.9 Å². The number of benzene rings is 1. The normalized spacial score (nSPS) is 14.9. The first-order valence-corrected chi connectivity index (χ1v) is 6.77. The lowest BCUT2D eigenvalue weighted by Gasteiger charge is -2.39. The van der Waals surface area contributed by atoms with E-state index in [1.807, 2.05) is 34.7 Å². The zero-order valence-electron chi connectivity index (χ0n) is 11.5. The van der Waals surface area contributed by atoms with Crippen LogP contribution in [-0.2, 0) is 13.6 Å². The molecule has 20 heavy (non-hydrogen) atoms. The molecule has 2 amide bonds. The van der Waals surface area contributed by atoms with Gasteiger partial charge in [0, 0.05) is 32.3 Å². The molecule has 2 aromatic rings. The van der Waals surface area contributed by atoms with Crippen molar-refractivity contribution in [2.45, 2.75) is 12.5 Å². The van der Waals surface area contributed by atoms with E-state index in [4.69, 9.17) is 0 Å². The van der Waals surface area contributed by atoms with Crippen molar-refractivity contribution in [2.75, 3.05) is 13.1 Å². The topological polar surface area (TPSA) is 50.2 Å². The van der Waals surface area contributed by atoms with Crippen LogP contribution in [0.5, 0.6) is 0 Å². The summed E-state index contributed by atoms with van der Waals surface area (Å²) in [6.45, 7) is 2.10. The number of likely N-dealkylation sites (tertiary alicyclic amines) is 1. The van der Waals surface area contributed by atoms with Gasteiger partial charge in [-0.05, 0) is 5.56 Å². The third kappa shape index (κ3) is 2.52. The van der Waals surface area contributed by atoms with Crippen molar-refractivity contribution in [2.24, 2.45) is 7.05 Å². The third-order valence-electron chi connectivity index (χ3n) is 3.78. The Labute approximate surface area is 118 Å². The highest BCUT2D eigenvalue weighted by atomic mass is 16.2. The monoisotopic (exact) mass is 270 g/mol. The number of aromatic nitrogens is 2. The van der Waals surface area contributed by atoms with Gasteiger partial charge in [0.2, 0.25) is 0 Å². The summed E-state index contributed by atoms with van der Waals surface area (Å²) in [6, 6.07) is 10.3. The highest BCUT2D eigenvalue weighted by molar-refractivity contribution is 5.75. The summed E-state index contributed by atoms with van der Waals surface area (Å²) in [5, 5.41) is 2.93. The zero-order valence-corrected chi connectivity index (χ0v) is 11.5. The first-order chi connectivity index (χ1) is 9.74. The molecule has 0 aliphatic carbocycles. The quantitative estimate of drug-likeness (QED) is 0.923. The van der Waals surface area contributed by atoms with E-state index in [-0.39, 0.29) is 6.03 Å². The van der Waals surface area contributed by atoms with E-state index < -0.39 is 0 Å². The van der Waals surface area contributed by atoms with Gasteiger partial charge in [0.25, 0.3) is 0 Å². The molecule has 1 aliphatic heterocycles. The van der Waals surface area contributed by atoms with Crippen LogP contribution >= 0.6 is 0 Å². The second kappa shape index (κ2) is 5.36. The molecule has 5 heteroatoms. The van der Waals surface area contributed by atoms with Crippen molar-refractivity contribution in [3.8, 4) is 0 Å². The van der Waals surface area contributed by atoms with E-state index in [0.717, 1.165) is 18.8 Å². The Balaban J connectivity index is 1.48. The highest BCUT2D eigenvalue weighted by Crippen LogP contribution is 2.26. The molecule has 1 aromatic carbocycles. The Bertz CT molecular complexity index is 587. The Morgan fingerprint density at radius 1 is 1.35 bits per heavy atom. The molecule has 1 aromatic heterocycles. The lowest BCUT2D eigenvalue weighted by Crippen LogP contribution is -2.52. The van der Waals surface area contributed by atoms with Gasteiger partial charge in [-0.2, -0.15) is 0 Å². The summed E-state index contributed by atoms with van der Waals surface area (Å²) in [6.07, 6.45) is 3.50. The van der Waals surface area contributed by atoms with Crippen LogP contribution in [0.25, 0.3) is 0 Å². The third-order valence-corrected chi connectivity index (χ3v) is 3.78. The second-order valence-corrected chi connectivity index (χ2v) is 5.17. The minimum atomic E-state index is -0.00150. The molecule has 0 bridgehead atoms. The number of rotatable bonds is 3. The van der Waals surface area contributed by atoms with Gasteiger partial charge < -0.3 is 14.8 Å². The molecular weight excluding hydrogens is 252 g/mol. The van der Waals surface area contributed by atoms with Crippen LogP contribution in [0.3, 0.4) is 0 Å². The van der Waals surface area contributed by atoms with Gasteiger partial charge in [0.05, 0.1) is 18.6 Å². The molecule has 1 aliphatic rings. The summed E-state index contributed by atoms with van der Waals surface area (Å²) in [5.74, 6) is 0.471. The molecule has 5 nitrogen and oxygen atoms in total. The highest BCUT2D eigenvalue weighted by Gasteiger charge is 2.31. The number of hydrogen-bond acceptors (Lipinski definition) is 2. The largest absolute Gasteiger partial charge is 0.336 e. The molecule has 0 radical (unpaired) electrons. The number of nitrogens with zero attached hydrogens (tertiary/aromatic N) is 3. The Kier molecular flexibility index (Phi) is 3.41. The lowest BCUT2D eigenvalue weighted by atomic mass is 9.92. The first kappa shape index (κ1) is 12.7. The Morgan fingerprint density at radius 3 is 2.75 bits per heavy atom. The molecule has 1 saturated heterocycles. The first-order valence-electron chi connectivity index (χ1n) is 6.77. The predicted molar refractivity (Wildman–Crippen MR) is 76.2 cm³/mol. The SMILES string of the molecule is Cn1cncc1CNC(=O)N1CC(c2ccccc2)C1. The minimum absolute atomic E-state index is 0.00150. The molecule has 1 fully saturated rings. The number of amides is 2. The smallest absolute Gasteiger partial charge is 0.317 e. The zero-order chi connectivity index (χ0) is 13.9. The van der Waals surface area contributed by atoms with Crippen LogP contribution in [0, 0.1) is 0 Å². The standard InChI is InChI=1S/C15H18N4O/c1-18-11-16-7-14(18)8-17-15(20)19-9-13(10-19)12-5-3-2-4-6-12/h2-7,11,13H,8-10H2,1H3,(H,17,20). The Morgan fingerprint density at radius 2 is 2.10 bits per heavy atom. The van der Waals surface area contributed by atoms with Gasteiger partial charge in [-0.1, -0.05) is 30.3 Å². The molecular formula is C15H18N4O. The van der Waals surface area contributed by atoms with Crippen molar-refractivity contribution in [3.63, 3.8) is 0 Å². The van der Waals surface area contributed by atoms with E-state index in [0.29, 0.717) is 12.5 Å². The average Bonchev–Trinajstić information content (AvgIpc) is 2.81. The maximum atomic E-state index is 12.0. The van der Waals surface area contributed by atoms with Crippen LogP contribution in [-0.4, -0.2) is 33.6 Å². The fourth-order valence-corrected chi connectivity index (χ4v) is 2.41. The van der Waals surface area contributed by atoms with Crippen molar-refractivity contribution < 1.29 is 4.79 Å². The number of hydrogen-bond donors (Lipinski definition) is 1. The molecule has 104 valence electrons. The fourth-order valence-electron chi connectivity index (χ4n) is 2.41. The molecule has 1 N–H and O–H groups in total. The van der Waals surface area contributed by atoms with E-state index in [9.17, 15) is 4.79 Å². The molecule has 2 heterocycles. The molecule has 0 spiro atoms. The number of aryl methyl sites for hydroxylation is 1. The summed E-state index contributed by atoms with van der Waals surface area (Å²) in [7, 11) is 1.92. The molecule has 0 atom stereocenters. The summed E-state index contributed by atoms with van der Waals surface area (Å²) >= 11 is 0. The van der Waals surface area contributed by atoms with E-state index in [1.54, 1.807) is 12.5 Å². The van der Waals surface area contributed by atoms with E-state index >= 15 is 0 Å². The van der Waals surface area contributed by atoms with Gasteiger partial charge in [-0.25, -0.2) is 9.78 Å². The molecule has 3 rings (SSSR count). The maximum Gasteiger partial charge on any atom is 0.317 e. The van der Waals surface area contributed by atoms with Crippen LogP contribution in [0.4, 0.5) is 4.79 Å². The van der Waals surface area contributed by atoms with Gasteiger partial charge in [0.15, 0.2) is 0 Å². The van der Waals surface area contributed by atoms with Crippen molar-refractivity contribution in [1.82, 2.24) is 19.8 Å². The lowest BCUT2D eigenvalue weighted by molar-refractivity contribution is 0.151. The number of urea groups is 1. The van der Waals surface area contributed by atoms with E-state index in [1.165, 1.54) is 5.56 Å². The van der Waals surface area contributed by atoms with Crippen LogP contribution in [0.2, 0.25) is 0 Å². The van der Waals surface area contributed by atoms with Gasteiger partial charge in [-0.3, -0.25) is 0 Å². The maximum absolute atomic E-state index is 12.0. The molecule has 0 saturated carbocycles. The average molecular weight is 270 g/mol. The van der Waals surface area contributed by atoms with Gasteiger partial charge >= 0.3 is 6.03 Å². The van der Waals surface area contributed by atoms with Crippen molar-refractivity contribution in [3.05, 3.63) is 54.1 Å². The summed E-state index contributed by atoms with van der Waals surface area (Å²) in [5.41, 5.74) is 2.31.